The first-order valence-corrected chi connectivity index (χ1v) is 23.7. The lowest BCUT2D eigenvalue weighted by Gasteiger charge is -2.14. The molecule has 0 aliphatic rings. The zero-order chi connectivity index (χ0) is 56.1. The van der Waals surface area contributed by atoms with Crippen molar-refractivity contribution in [3.05, 3.63) is 202 Å². The van der Waals surface area contributed by atoms with E-state index < -0.39 is 23.4 Å². The standard InChI is InChI=1S/C21H20FN5O2.C21H18FN5O.C14H10ClFN4O/c1-13(28)25-15-8-5-9-16(10-15)26-21-18(22)11-17(19(23)29)20(27-21)24-12-14-6-3-2-4-7-14;1-14(28)25-17-8-5-9-18(11-17)26-21-19(22)10-16(12-23)20(27-21)24-13-15-6-3-2-4-7-15;1-8(21)18-10-3-2-4-11(6-10)19-14-12(16)5-9(7-17)13(15)20-14/h2-11H,12H2,1H3,(H2,23,29)(H,25,28)(H2,24,26,27);2-11H,13H2,1H3,(H,25,28)(H2,24,26,27);2-6H,1H3,(H,18,21)(H,19,20). The van der Waals surface area contributed by atoms with Gasteiger partial charge in [-0.1, -0.05) is 90.5 Å². The summed E-state index contributed by atoms with van der Waals surface area (Å²) in [6, 6.07) is 46.3. The highest BCUT2D eigenvalue weighted by molar-refractivity contribution is 6.30. The number of benzene rings is 5. The van der Waals surface area contributed by atoms with Gasteiger partial charge >= 0.3 is 0 Å². The summed E-state index contributed by atoms with van der Waals surface area (Å²) >= 11 is 5.77. The molecule has 0 saturated heterocycles. The Morgan fingerprint density at radius 3 is 1.23 bits per heavy atom. The zero-order valence-electron chi connectivity index (χ0n) is 41.8. The second-order valence-electron chi connectivity index (χ2n) is 16.5. The largest absolute Gasteiger partial charge is 0.365 e. The number of nitrogens with two attached hydrogens (primary N) is 1. The smallest absolute Gasteiger partial charge is 0.252 e. The topological polar surface area (TPSA) is 277 Å². The number of amides is 4. The van der Waals surface area contributed by atoms with Crippen LogP contribution in [0.4, 0.5) is 76.4 Å². The molecule has 0 bridgehead atoms. The molecule has 3 aromatic heterocycles. The Hall–Kier alpha value is -10.5. The van der Waals surface area contributed by atoms with E-state index in [2.05, 4.69) is 57.5 Å². The second-order valence-corrected chi connectivity index (χ2v) is 16.9. The first-order chi connectivity index (χ1) is 37.5. The van der Waals surface area contributed by atoms with Crippen molar-refractivity contribution in [2.75, 3.05) is 42.5 Å². The summed E-state index contributed by atoms with van der Waals surface area (Å²) in [5, 5.41) is 40.5. The molecule has 22 heteroatoms. The van der Waals surface area contributed by atoms with Crippen molar-refractivity contribution in [1.82, 2.24) is 15.0 Å². The Balaban J connectivity index is 0.000000192. The number of halogens is 4. The number of hydrogen-bond donors (Lipinski definition) is 9. The SMILES string of the molecule is CC(=O)Nc1cccc(Nc2nc(Cl)c(C#N)cc2F)c1.CC(=O)Nc1cccc(Nc2nc(NCc3ccccc3)c(C#N)cc2F)c1.CC(=O)Nc1cccc(Nc2nc(NCc3ccccc3)c(C(N)=O)cc2F)c1. The van der Waals surface area contributed by atoms with Crippen molar-refractivity contribution < 1.29 is 32.3 Å². The van der Waals surface area contributed by atoms with Gasteiger partial charge in [0, 0.05) is 68.0 Å². The van der Waals surface area contributed by atoms with Crippen LogP contribution in [0, 0.1) is 40.1 Å². The van der Waals surface area contributed by atoms with E-state index in [1.807, 2.05) is 66.7 Å². The number of anilines is 11. The van der Waals surface area contributed by atoms with Gasteiger partial charge in [-0.3, -0.25) is 19.2 Å². The minimum absolute atomic E-state index is 0.0189. The van der Waals surface area contributed by atoms with Crippen LogP contribution in [0.15, 0.2) is 152 Å². The quantitative estimate of drug-likeness (QED) is 0.0407. The van der Waals surface area contributed by atoms with Gasteiger partial charge in [-0.15, -0.1) is 0 Å². The molecule has 0 radical (unpaired) electrons. The van der Waals surface area contributed by atoms with Crippen molar-refractivity contribution in [2.45, 2.75) is 33.9 Å². The minimum Gasteiger partial charge on any atom is -0.365 e. The highest BCUT2D eigenvalue weighted by Gasteiger charge is 2.17. The number of nitrogens with one attached hydrogen (secondary N) is 8. The molecule has 0 spiro atoms. The fraction of sp³-hybridized carbons (Fsp3) is 0.0893. The molecule has 10 N–H and O–H groups in total. The Morgan fingerprint density at radius 2 is 0.833 bits per heavy atom. The van der Waals surface area contributed by atoms with E-state index in [0.717, 1.165) is 29.3 Å². The van der Waals surface area contributed by atoms with Crippen LogP contribution in [-0.4, -0.2) is 38.6 Å². The maximum atomic E-state index is 14.5. The number of hydrogen-bond acceptors (Lipinski definition) is 14. The molecule has 0 aliphatic carbocycles. The third kappa shape index (κ3) is 17.3. The first-order valence-electron chi connectivity index (χ1n) is 23.3. The highest BCUT2D eigenvalue weighted by atomic mass is 35.5. The molecule has 18 nitrogen and oxygen atoms in total. The number of nitriles is 2. The van der Waals surface area contributed by atoms with E-state index in [-0.39, 0.29) is 68.7 Å². The van der Waals surface area contributed by atoms with Crippen LogP contribution < -0.4 is 48.3 Å². The van der Waals surface area contributed by atoms with Crippen molar-refractivity contribution in [3.8, 4) is 12.1 Å². The molecule has 4 amide bonds. The van der Waals surface area contributed by atoms with E-state index in [4.69, 9.17) is 22.6 Å². The molecule has 5 aromatic carbocycles. The maximum absolute atomic E-state index is 14.5. The Labute approximate surface area is 450 Å². The number of pyridine rings is 3. The van der Waals surface area contributed by atoms with Gasteiger partial charge in [0.25, 0.3) is 5.91 Å². The van der Waals surface area contributed by atoms with Gasteiger partial charge in [0.2, 0.25) is 17.7 Å². The summed E-state index contributed by atoms with van der Waals surface area (Å²) in [7, 11) is 0. The monoisotopic (exact) mass is 1070 g/mol. The van der Waals surface area contributed by atoms with E-state index >= 15 is 0 Å². The van der Waals surface area contributed by atoms with Gasteiger partial charge in [-0.25, -0.2) is 28.1 Å². The molecular weight excluding hydrogens is 1030 g/mol. The van der Waals surface area contributed by atoms with Crippen LogP contribution in [0.1, 0.15) is 53.4 Å². The second kappa shape index (κ2) is 27.7. The Bertz CT molecular complexity index is 3550. The van der Waals surface area contributed by atoms with Crippen molar-refractivity contribution in [2.24, 2.45) is 5.73 Å². The molecule has 8 rings (SSSR count). The minimum atomic E-state index is -0.786. The third-order valence-corrected chi connectivity index (χ3v) is 10.6. The lowest BCUT2D eigenvalue weighted by Crippen LogP contribution is -2.17. The van der Waals surface area contributed by atoms with E-state index in [1.54, 1.807) is 78.9 Å². The molecular formula is C56H48ClF3N14O4. The maximum Gasteiger partial charge on any atom is 0.252 e. The summed E-state index contributed by atoms with van der Waals surface area (Å²) in [5.41, 5.74) is 10.7. The average molecular weight is 1070 g/mol. The van der Waals surface area contributed by atoms with Crippen LogP contribution in [0.5, 0.6) is 0 Å². The van der Waals surface area contributed by atoms with Gasteiger partial charge < -0.3 is 48.3 Å². The first kappa shape index (κ1) is 56.8. The fourth-order valence-electron chi connectivity index (χ4n) is 6.94. The van der Waals surface area contributed by atoms with Gasteiger partial charge in [0.05, 0.1) is 16.7 Å². The lowest BCUT2D eigenvalue weighted by atomic mass is 10.2. The van der Waals surface area contributed by atoms with Crippen molar-refractivity contribution in [3.63, 3.8) is 0 Å². The zero-order valence-corrected chi connectivity index (χ0v) is 42.6. The Kier molecular flexibility index (Phi) is 20.2. The normalized spacial score (nSPS) is 10.1. The summed E-state index contributed by atoms with van der Waals surface area (Å²) in [6.07, 6.45) is 0. The number of rotatable bonds is 16. The average Bonchev–Trinajstić information content (AvgIpc) is 3.42. The van der Waals surface area contributed by atoms with Crippen LogP contribution in [0.2, 0.25) is 5.15 Å². The number of nitrogens with zero attached hydrogens (tertiary/aromatic N) is 5. The van der Waals surface area contributed by atoms with E-state index in [0.29, 0.717) is 47.2 Å². The van der Waals surface area contributed by atoms with Crippen LogP contribution >= 0.6 is 11.6 Å². The number of carbonyl (C=O) groups is 4. The molecule has 0 atom stereocenters. The molecule has 0 unspecified atom stereocenters. The molecule has 0 fully saturated rings. The van der Waals surface area contributed by atoms with E-state index in [1.165, 1.54) is 20.8 Å². The number of aromatic nitrogens is 3. The molecule has 78 heavy (non-hydrogen) atoms. The molecule has 3 heterocycles. The number of primary amides is 1. The summed E-state index contributed by atoms with van der Waals surface area (Å²) in [6.45, 7) is 5.03. The summed E-state index contributed by atoms with van der Waals surface area (Å²) in [4.78, 5) is 57.4. The van der Waals surface area contributed by atoms with Crippen molar-refractivity contribution in [1.29, 1.82) is 10.5 Å². The highest BCUT2D eigenvalue weighted by Crippen LogP contribution is 2.28. The van der Waals surface area contributed by atoms with Crippen molar-refractivity contribution >= 4 is 98.4 Å². The summed E-state index contributed by atoms with van der Waals surface area (Å²) < 4.78 is 42.7. The molecule has 8 aromatic rings. The predicted molar refractivity (Wildman–Crippen MR) is 295 cm³/mol. The molecule has 394 valence electrons. The molecule has 0 saturated carbocycles. The van der Waals surface area contributed by atoms with Crippen LogP contribution in [-0.2, 0) is 27.5 Å². The fourth-order valence-corrected chi connectivity index (χ4v) is 7.12. The van der Waals surface area contributed by atoms with Gasteiger partial charge in [0.1, 0.15) is 28.9 Å². The molecule has 0 aliphatic heterocycles. The Morgan fingerprint density at radius 1 is 0.474 bits per heavy atom. The lowest BCUT2D eigenvalue weighted by molar-refractivity contribution is -0.115. The van der Waals surface area contributed by atoms with Crippen LogP contribution in [0.25, 0.3) is 0 Å². The summed E-state index contributed by atoms with van der Waals surface area (Å²) in [5.74, 6) is -3.22. The van der Waals surface area contributed by atoms with E-state index in [9.17, 15) is 37.6 Å². The van der Waals surface area contributed by atoms with Gasteiger partial charge in [0.15, 0.2) is 34.9 Å². The van der Waals surface area contributed by atoms with Gasteiger partial charge in [-0.05, 0) is 83.9 Å². The predicted octanol–water partition coefficient (Wildman–Crippen LogP) is 11.5. The van der Waals surface area contributed by atoms with Crippen LogP contribution in [0.3, 0.4) is 0 Å². The van der Waals surface area contributed by atoms with Gasteiger partial charge in [-0.2, -0.15) is 10.5 Å². The number of carbonyl (C=O) groups excluding carboxylic acids is 4. The third-order valence-electron chi connectivity index (χ3n) is 10.3.